The van der Waals surface area contributed by atoms with Gasteiger partial charge in [0.15, 0.2) is 0 Å². The molecule has 144 valence electrons. The van der Waals surface area contributed by atoms with Gasteiger partial charge < -0.3 is 15.7 Å². The number of aromatic nitrogens is 2. The average Bonchev–Trinajstić information content (AvgIpc) is 3.23. The molecule has 1 saturated carbocycles. The van der Waals surface area contributed by atoms with Gasteiger partial charge in [-0.05, 0) is 44.9 Å². The quantitative estimate of drug-likeness (QED) is 0.762. The number of rotatable bonds is 4. The van der Waals surface area contributed by atoms with Crippen molar-refractivity contribution >= 4 is 17.6 Å². The number of benzene rings is 1. The largest absolute Gasteiger partial charge is 0.507 e. The highest BCUT2D eigenvalue weighted by atomic mass is 16.3. The summed E-state index contributed by atoms with van der Waals surface area (Å²) in [6.45, 7) is 5.22. The molecule has 0 radical (unpaired) electrons. The Labute approximate surface area is 158 Å². The summed E-state index contributed by atoms with van der Waals surface area (Å²) < 4.78 is 1.44. The number of hydrogen-bond acceptors (Lipinski definition) is 4. The smallest absolute Gasteiger partial charge is 0.342 e. The molecule has 0 aliphatic heterocycles. The fourth-order valence-electron chi connectivity index (χ4n) is 3.54. The van der Waals surface area contributed by atoms with Gasteiger partial charge in [0.2, 0.25) is 5.91 Å². The van der Waals surface area contributed by atoms with Crippen molar-refractivity contribution in [2.24, 2.45) is 0 Å². The van der Waals surface area contributed by atoms with Crippen molar-refractivity contribution in [2.45, 2.75) is 58.4 Å². The van der Waals surface area contributed by atoms with Crippen molar-refractivity contribution in [1.82, 2.24) is 15.1 Å². The van der Waals surface area contributed by atoms with Crippen LogP contribution >= 0.6 is 0 Å². The molecule has 2 amide bonds. The maximum absolute atomic E-state index is 12.6. The number of carbonyl (C=O) groups is 2. The zero-order valence-electron chi connectivity index (χ0n) is 16.0. The summed E-state index contributed by atoms with van der Waals surface area (Å²) in [4.78, 5) is 23.8. The molecule has 0 spiro atoms. The summed E-state index contributed by atoms with van der Waals surface area (Å²) in [5.41, 5.74) is 2.46. The molecular formula is C20H26N4O3. The highest BCUT2D eigenvalue weighted by Crippen LogP contribution is 2.37. The first-order valence-electron chi connectivity index (χ1n) is 9.37. The Morgan fingerprint density at radius 1 is 1.22 bits per heavy atom. The minimum Gasteiger partial charge on any atom is -0.507 e. The number of anilines is 1. The lowest BCUT2D eigenvalue weighted by molar-refractivity contribution is -0.114. The van der Waals surface area contributed by atoms with Gasteiger partial charge in [0, 0.05) is 36.2 Å². The van der Waals surface area contributed by atoms with Crippen LogP contribution in [0.15, 0.2) is 24.3 Å². The highest BCUT2D eigenvalue weighted by Gasteiger charge is 2.26. The molecule has 2 aromatic rings. The van der Waals surface area contributed by atoms with E-state index in [1.54, 1.807) is 12.1 Å². The minimum atomic E-state index is -0.257. The van der Waals surface area contributed by atoms with Crippen LogP contribution in [0.4, 0.5) is 10.5 Å². The lowest BCUT2D eigenvalue weighted by Gasteiger charge is -2.13. The van der Waals surface area contributed by atoms with Gasteiger partial charge in [-0.3, -0.25) is 4.79 Å². The van der Waals surface area contributed by atoms with Crippen LogP contribution in [0, 0.1) is 0 Å². The zero-order valence-corrected chi connectivity index (χ0v) is 16.0. The molecule has 0 unspecified atom stereocenters. The fourth-order valence-corrected chi connectivity index (χ4v) is 3.54. The predicted molar refractivity (Wildman–Crippen MR) is 104 cm³/mol. The molecule has 3 rings (SSSR count). The van der Waals surface area contributed by atoms with E-state index in [0.717, 1.165) is 31.4 Å². The first-order valence-corrected chi connectivity index (χ1v) is 9.37. The Morgan fingerprint density at radius 3 is 2.52 bits per heavy atom. The topological polar surface area (TPSA) is 96.3 Å². The summed E-state index contributed by atoms with van der Waals surface area (Å²) in [6.07, 6.45) is 4.36. The Bertz CT molecular complexity index is 851. The van der Waals surface area contributed by atoms with Crippen LogP contribution in [0.2, 0.25) is 0 Å². The number of hydrogen-bond donors (Lipinski definition) is 3. The van der Waals surface area contributed by atoms with Crippen LogP contribution in [-0.4, -0.2) is 32.9 Å². The molecule has 0 atom stereocenters. The number of nitrogens with one attached hydrogen (secondary N) is 2. The van der Waals surface area contributed by atoms with E-state index in [-0.39, 0.29) is 23.7 Å². The average molecular weight is 370 g/mol. The van der Waals surface area contributed by atoms with Crippen molar-refractivity contribution < 1.29 is 14.7 Å². The molecule has 27 heavy (non-hydrogen) atoms. The normalized spacial score (nSPS) is 14.5. The van der Waals surface area contributed by atoms with Crippen LogP contribution < -0.4 is 10.6 Å². The molecule has 1 heterocycles. The van der Waals surface area contributed by atoms with E-state index in [4.69, 9.17) is 0 Å². The number of aromatic hydroxyl groups is 1. The Kier molecular flexibility index (Phi) is 5.48. The zero-order chi connectivity index (χ0) is 19.6. The Hall–Kier alpha value is -2.83. The SMILES string of the molecule is CC(=O)Nc1ccc(-c2cc(C3CCCC3)n(C(=O)NC(C)C)n2)c(O)c1. The second-order valence-corrected chi connectivity index (χ2v) is 7.36. The molecule has 3 N–H and O–H groups in total. The van der Waals surface area contributed by atoms with Crippen molar-refractivity contribution in [3.63, 3.8) is 0 Å². The summed E-state index contributed by atoms with van der Waals surface area (Å²) >= 11 is 0. The molecule has 0 bridgehead atoms. The van der Waals surface area contributed by atoms with Gasteiger partial charge in [0.25, 0.3) is 0 Å². The van der Waals surface area contributed by atoms with E-state index >= 15 is 0 Å². The lowest BCUT2D eigenvalue weighted by Crippen LogP contribution is -2.35. The van der Waals surface area contributed by atoms with Crippen LogP contribution in [-0.2, 0) is 4.79 Å². The third kappa shape index (κ3) is 4.30. The van der Waals surface area contributed by atoms with Gasteiger partial charge in [-0.25, -0.2) is 4.79 Å². The van der Waals surface area contributed by atoms with E-state index in [1.807, 2.05) is 19.9 Å². The molecule has 7 nitrogen and oxygen atoms in total. The fraction of sp³-hybridized carbons (Fsp3) is 0.450. The number of carbonyl (C=O) groups excluding carboxylic acids is 2. The van der Waals surface area contributed by atoms with Crippen LogP contribution in [0.1, 0.15) is 58.1 Å². The second kappa shape index (κ2) is 7.82. The first kappa shape index (κ1) is 18.9. The van der Waals surface area contributed by atoms with Crippen LogP contribution in [0.5, 0.6) is 5.75 Å². The maximum atomic E-state index is 12.6. The molecule has 1 aliphatic carbocycles. The predicted octanol–water partition coefficient (Wildman–Crippen LogP) is 3.84. The van der Waals surface area contributed by atoms with Gasteiger partial charge in [-0.2, -0.15) is 9.78 Å². The maximum Gasteiger partial charge on any atom is 0.342 e. The van der Waals surface area contributed by atoms with Crippen molar-refractivity contribution in [3.05, 3.63) is 30.0 Å². The van der Waals surface area contributed by atoms with E-state index < -0.39 is 0 Å². The molecule has 7 heteroatoms. The molecule has 1 aromatic heterocycles. The van der Waals surface area contributed by atoms with E-state index in [0.29, 0.717) is 22.9 Å². The Morgan fingerprint density at radius 2 is 1.93 bits per heavy atom. The lowest BCUT2D eigenvalue weighted by atomic mass is 10.0. The first-order chi connectivity index (χ1) is 12.8. The summed E-state index contributed by atoms with van der Waals surface area (Å²) in [7, 11) is 0. The van der Waals surface area contributed by atoms with Crippen molar-refractivity contribution in [2.75, 3.05) is 5.32 Å². The summed E-state index contributed by atoms with van der Waals surface area (Å²) in [5.74, 6) is 0.0957. The van der Waals surface area contributed by atoms with Crippen LogP contribution in [0.25, 0.3) is 11.3 Å². The molecule has 1 fully saturated rings. The summed E-state index contributed by atoms with van der Waals surface area (Å²) in [6, 6.07) is 6.53. The third-order valence-corrected chi connectivity index (χ3v) is 4.71. The minimum absolute atomic E-state index is 0.00641. The number of nitrogens with zero attached hydrogens (tertiary/aromatic N) is 2. The van der Waals surface area contributed by atoms with Crippen LogP contribution in [0.3, 0.4) is 0 Å². The van der Waals surface area contributed by atoms with Crippen molar-refractivity contribution in [3.8, 4) is 17.0 Å². The molecular weight excluding hydrogens is 344 g/mol. The molecule has 0 saturated heterocycles. The Balaban J connectivity index is 1.98. The van der Waals surface area contributed by atoms with E-state index in [1.165, 1.54) is 17.7 Å². The number of amides is 2. The van der Waals surface area contributed by atoms with Gasteiger partial charge in [0.05, 0.1) is 11.4 Å². The third-order valence-electron chi connectivity index (χ3n) is 4.71. The number of phenols is 1. The number of phenolic OH excluding ortho intramolecular Hbond substituents is 1. The highest BCUT2D eigenvalue weighted by molar-refractivity contribution is 5.89. The van der Waals surface area contributed by atoms with E-state index in [9.17, 15) is 14.7 Å². The van der Waals surface area contributed by atoms with Gasteiger partial charge in [-0.15, -0.1) is 0 Å². The van der Waals surface area contributed by atoms with Gasteiger partial charge in [0.1, 0.15) is 5.75 Å². The second-order valence-electron chi connectivity index (χ2n) is 7.36. The summed E-state index contributed by atoms with van der Waals surface area (Å²) in [5, 5.41) is 20.4. The van der Waals surface area contributed by atoms with Gasteiger partial charge >= 0.3 is 6.03 Å². The van der Waals surface area contributed by atoms with E-state index in [2.05, 4.69) is 15.7 Å². The van der Waals surface area contributed by atoms with Crippen molar-refractivity contribution in [1.29, 1.82) is 0 Å². The molecule has 1 aliphatic rings. The molecule has 1 aromatic carbocycles. The monoisotopic (exact) mass is 370 g/mol. The standard InChI is InChI=1S/C20H26N4O3/c1-12(2)21-20(27)24-18(14-6-4-5-7-14)11-17(23-24)16-9-8-15(10-19(16)26)22-13(3)25/h8-12,14,26H,4-7H2,1-3H3,(H,21,27)(H,22,25). The van der Waals surface area contributed by atoms with Gasteiger partial charge in [-0.1, -0.05) is 12.8 Å².